The molecule has 0 saturated carbocycles. The first-order valence-corrected chi connectivity index (χ1v) is 9.02. The van der Waals surface area contributed by atoms with E-state index in [-0.39, 0.29) is 21.6 Å². The van der Waals surface area contributed by atoms with E-state index in [0.717, 1.165) is 0 Å². The standard InChI is InChI=1S/C19H16BrFN4O4/c1-28-13-5-2-11(3-6-13)23-19(26)24-17-10-29-9-14(17)18(25-27)22-12-4-7-16(21)15(20)8-12/h2-10,27H,1H3,(H,22,25)(H2,23,24,26). The molecular weight excluding hydrogens is 447 g/mol. The minimum Gasteiger partial charge on any atom is -0.497 e. The molecule has 1 aromatic heterocycles. The van der Waals surface area contributed by atoms with Crippen molar-refractivity contribution in [3.05, 3.63) is 70.8 Å². The average Bonchev–Trinajstić information content (AvgIpc) is 3.17. The molecule has 2 aromatic carbocycles. The Balaban J connectivity index is 1.76. The van der Waals surface area contributed by atoms with Crippen LogP contribution in [0.4, 0.5) is 26.2 Å². The first kappa shape index (κ1) is 20.4. The molecule has 10 heteroatoms. The van der Waals surface area contributed by atoms with E-state index in [2.05, 4.69) is 31.6 Å². The van der Waals surface area contributed by atoms with Crippen LogP contribution in [-0.2, 0) is 0 Å². The SMILES string of the molecule is COc1ccc(NC(=O)Nc2cocc2C(=Nc2ccc(F)c(Br)c2)NO)cc1. The number of hydroxylamine groups is 1. The molecule has 0 aliphatic carbocycles. The second kappa shape index (κ2) is 9.22. The van der Waals surface area contributed by atoms with Gasteiger partial charge in [-0.3, -0.25) is 10.7 Å². The number of nitrogens with one attached hydrogen (secondary N) is 3. The summed E-state index contributed by atoms with van der Waals surface area (Å²) in [6.07, 6.45) is 2.58. The van der Waals surface area contributed by atoms with Crippen LogP contribution in [0.5, 0.6) is 5.75 Å². The largest absolute Gasteiger partial charge is 0.497 e. The molecule has 0 unspecified atom stereocenters. The smallest absolute Gasteiger partial charge is 0.323 e. The number of nitrogens with zero attached hydrogens (tertiary/aromatic N) is 1. The number of benzene rings is 2. The molecule has 3 rings (SSSR count). The Morgan fingerprint density at radius 2 is 1.93 bits per heavy atom. The highest BCUT2D eigenvalue weighted by molar-refractivity contribution is 9.10. The molecule has 8 nitrogen and oxygen atoms in total. The lowest BCUT2D eigenvalue weighted by atomic mass is 10.2. The summed E-state index contributed by atoms with van der Waals surface area (Å²) in [5, 5.41) is 14.8. The Kier molecular flexibility index (Phi) is 6.47. The number of carbonyl (C=O) groups is 1. The van der Waals surface area contributed by atoms with Crippen molar-refractivity contribution in [2.45, 2.75) is 0 Å². The van der Waals surface area contributed by atoms with Crippen molar-refractivity contribution in [1.82, 2.24) is 5.48 Å². The second-order valence-electron chi connectivity index (χ2n) is 5.68. The van der Waals surface area contributed by atoms with Gasteiger partial charge in [0, 0.05) is 5.69 Å². The first-order valence-electron chi connectivity index (χ1n) is 8.22. The van der Waals surface area contributed by atoms with Crippen molar-refractivity contribution < 1.29 is 23.5 Å². The molecule has 0 bridgehead atoms. The van der Waals surface area contributed by atoms with E-state index in [0.29, 0.717) is 17.1 Å². The number of amidine groups is 1. The molecule has 4 N–H and O–H groups in total. The molecule has 1 heterocycles. The van der Waals surface area contributed by atoms with Crippen LogP contribution in [-0.4, -0.2) is 24.2 Å². The number of furan rings is 1. The highest BCUT2D eigenvalue weighted by Gasteiger charge is 2.15. The number of urea groups is 1. The summed E-state index contributed by atoms with van der Waals surface area (Å²) < 4.78 is 23.8. The van der Waals surface area contributed by atoms with Crippen molar-refractivity contribution in [2.24, 2.45) is 4.99 Å². The molecule has 0 atom stereocenters. The highest BCUT2D eigenvalue weighted by Crippen LogP contribution is 2.24. The van der Waals surface area contributed by atoms with Crippen LogP contribution >= 0.6 is 15.9 Å². The lowest BCUT2D eigenvalue weighted by molar-refractivity contribution is 0.235. The third kappa shape index (κ3) is 5.12. The Labute approximate surface area is 173 Å². The zero-order valence-corrected chi connectivity index (χ0v) is 16.7. The fraction of sp³-hybridized carbons (Fsp3) is 0.0526. The van der Waals surface area contributed by atoms with E-state index >= 15 is 0 Å². The first-order chi connectivity index (χ1) is 14.0. The van der Waals surface area contributed by atoms with Gasteiger partial charge in [0.15, 0.2) is 5.84 Å². The molecule has 0 fully saturated rings. The van der Waals surface area contributed by atoms with Gasteiger partial charge in [-0.2, -0.15) is 0 Å². The Hall–Kier alpha value is -3.37. The van der Waals surface area contributed by atoms with Crippen LogP contribution in [0.1, 0.15) is 5.56 Å². The zero-order chi connectivity index (χ0) is 20.8. The summed E-state index contributed by atoms with van der Waals surface area (Å²) in [5.41, 5.74) is 3.43. The monoisotopic (exact) mass is 462 g/mol. The van der Waals surface area contributed by atoms with E-state index in [1.165, 1.54) is 30.7 Å². The number of amides is 2. The molecule has 0 saturated heterocycles. The summed E-state index contributed by atoms with van der Waals surface area (Å²) in [4.78, 5) is 16.5. The van der Waals surface area contributed by atoms with Gasteiger partial charge in [-0.1, -0.05) is 0 Å². The number of aliphatic imine (C=N–C) groups is 1. The predicted octanol–water partition coefficient (Wildman–Crippen LogP) is 4.89. The van der Waals surface area contributed by atoms with Gasteiger partial charge in [0.2, 0.25) is 0 Å². The Morgan fingerprint density at radius 3 is 2.59 bits per heavy atom. The Morgan fingerprint density at radius 1 is 1.17 bits per heavy atom. The van der Waals surface area contributed by atoms with Crippen molar-refractivity contribution in [3.63, 3.8) is 0 Å². The number of ether oxygens (including phenoxy) is 1. The maximum atomic E-state index is 13.4. The number of hydrogen-bond donors (Lipinski definition) is 4. The van der Waals surface area contributed by atoms with Crippen LogP contribution in [0.3, 0.4) is 0 Å². The van der Waals surface area contributed by atoms with Gasteiger partial charge in [-0.25, -0.2) is 14.2 Å². The minimum absolute atomic E-state index is 0.00277. The summed E-state index contributed by atoms with van der Waals surface area (Å²) in [6.45, 7) is 0. The molecular formula is C19H16BrFN4O4. The van der Waals surface area contributed by atoms with Gasteiger partial charge in [-0.05, 0) is 58.4 Å². The molecule has 3 aromatic rings. The number of anilines is 2. The molecule has 29 heavy (non-hydrogen) atoms. The van der Waals surface area contributed by atoms with Crippen LogP contribution in [0.25, 0.3) is 0 Å². The van der Waals surface area contributed by atoms with Crippen molar-refractivity contribution in [3.8, 4) is 5.75 Å². The summed E-state index contributed by atoms with van der Waals surface area (Å²) >= 11 is 3.08. The maximum Gasteiger partial charge on any atom is 0.323 e. The lowest BCUT2D eigenvalue weighted by Crippen LogP contribution is -2.24. The van der Waals surface area contributed by atoms with E-state index in [1.807, 2.05) is 5.48 Å². The van der Waals surface area contributed by atoms with Gasteiger partial charge in [-0.15, -0.1) is 0 Å². The van der Waals surface area contributed by atoms with Crippen molar-refractivity contribution in [2.75, 3.05) is 17.7 Å². The minimum atomic E-state index is -0.528. The quantitative estimate of drug-likeness (QED) is 0.245. The van der Waals surface area contributed by atoms with Gasteiger partial charge in [0.05, 0.1) is 28.5 Å². The third-order valence-corrected chi connectivity index (χ3v) is 4.37. The van der Waals surface area contributed by atoms with Crippen molar-refractivity contribution >= 4 is 44.9 Å². The number of hydrogen-bond acceptors (Lipinski definition) is 5. The topological polar surface area (TPSA) is 108 Å². The van der Waals surface area contributed by atoms with Gasteiger partial charge >= 0.3 is 6.03 Å². The predicted molar refractivity (Wildman–Crippen MR) is 110 cm³/mol. The van der Waals surface area contributed by atoms with Crippen LogP contribution in [0.15, 0.2) is 68.9 Å². The fourth-order valence-corrected chi connectivity index (χ4v) is 2.73. The van der Waals surface area contributed by atoms with Crippen molar-refractivity contribution in [1.29, 1.82) is 0 Å². The van der Waals surface area contributed by atoms with Gasteiger partial charge in [0.25, 0.3) is 0 Å². The normalized spacial score (nSPS) is 11.1. The second-order valence-corrected chi connectivity index (χ2v) is 6.53. The summed E-state index contributed by atoms with van der Waals surface area (Å²) in [7, 11) is 1.55. The lowest BCUT2D eigenvalue weighted by Gasteiger charge is -2.09. The molecule has 0 aliphatic rings. The van der Waals surface area contributed by atoms with E-state index in [4.69, 9.17) is 9.15 Å². The zero-order valence-electron chi connectivity index (χ0n) is 15.1. The summed E-state index contributed by atoms with van der Waals surface area (Å²) in [5.74, 6) is 0.218. The fourth-order valence-electron chi connectivity index (χ4n) is 2.37. The van der Waals surface area contributed by atoms with E-state index < -0.39 is 11.8 Å². The maximum absolute atomic E-state index is 13.4. The number of methoxy groups -OCH3 is 1. The number of carbonyl (C=O) groups excluding carboxylic acids is 1. The van der Waals surface area contributed by atoms with Crippen LogP contribution in [0, 0.1) is 5.82 Å². The van der Waals surface area contributed by atoms with Crippen LogP contribution in [0.2, 0.25) is 0 Å². The molecule has 0 aliphatic heterocycles. The molecule has 0 radical (unpaired) electrons. The van der Waals surface area contributed by atoms with E-state index in [9.17, 15) is 14.4 Å². The average molecular weight is 463 g/mol. The summed E-state index contributed by atoms with van der Waals surface area (Å²) in [6, 6.07) is 10.4. The molecule has 0 spiro atoms. The number of halogens is 2. The van der Waals surface area contributed by atoms with Crippen LogP contribution < -0.4 is 20.9 Å². The van der Waals surface area contributed by atoms with Gasteiger partial charge in [0.1, 0.15) is 24.1 Å². The number of rotatable bonds is 5. The Bertz CT molecular complexity index is 1040. The highest BCUT2D eigenvalue weighted by atomic mass is 79.9. The van der Waals surface area contributed by atoms with Gasteiger partial charge < -0.3 is 19.8 Å². The van der Waals surface area contributed by atoms with E-state index in [1.54, 1.807) is 31.4 Å². The molecule has 150 valence electrons. The third-order valence-electron chi connectivity index (χ3n) is 3.76. The molecule has 2 amide bonds.